The van der Waals surface area contributed by atoms with Crippen molar-refractivity contribution in [3.05, 3.63) is 34.8 Å². The maximum Gasteiger partial charge on any atom is 0.131 e. The van der Waals surface area contributed by atoms with Gasteiger partial charge in [-0.15, -0.1) is 0 Å². The summed E-state index contributed by atoms with van der Waals surface area (Å²) in [6.07, 6.45) is 4.19. The summed E-state index contributed by atoms with van der Waals surface area (Å²) in [4.78, 5) is 4.20. The van der Waals surface area contributed by atoms with E-state index in [1.54, 1.807) is 0 Å². The van der Waals surface area contributed by atoms with E-state index in [-0.39, 0.29) is 5.83 Å². The third kappa shape index (κ3) is 2.81. The first kappa shape index (κ1) is 11.2. The van der Waals surface area contributed by atoms with Crippen LogP contribution in [0.5, 0.6) is 0 Å². The highest BCUT2D eigenvalue weighted by Crippen LogP contribution is 2.22. The number of rotatable bonds is 1. The van der Waals surface area contributed by atoms with Crippen LogP contribution in [0.2, 0.25) is 0 Å². The molecule has 0 N–H and O–H groups in total. The molecule has 0 aromatic carbocycles. The lowest BCUT2D eigenvalue weighted by atomic mass is 10.1. The van der Waals surface area contributed by atoms with Gasteiger partial charge in [0.05, 0.1) is 5.83 Å². The van der Waals surface area contributed by atoms with Gasteiger partial charge in [0.2, 0.25) is 0 Å². The van der Waals surface area contributed by atoms with E-state index < -0.39 is 0 Å². The van der Waals surface area contributed by atoms with E-state index in [0.29, 0.717) is 5.17 Å². The number of nitrogens with zero attached hydrogens (tertiary/aromatic N) is 1. The van der Waals surface area contributed by atoms with Gasteiger partial charge < -0.3 is 0 Å². The quantitative estimate of drug-likeness (QED) is 0.621. The lowest BCUT2D eigenvalue weighted by Crippen LogP contribution is -1.98. The summed E-state index contributed by atoms with van der Waals surface area (Å²) in [6.45, 7) is 5.16. The Labute approximate surface area is 88.7 Å². The zero-order chi connectivity index (χ0) is 10.7. The molecule has 1 nitrogen and oxygen atoms in total. The molecular formula is C11H13ClFN. The maximum absolute atomic E-state index is 12.6. The predicted octanol–water partition coefficient (Wildman–Crippen LogP) is 4.12. The molecule has 0 atom stereocenters. The van der Waals surface area contributed by atoms with Gasteiger partial charge in [-0.1, -0.05) is 17.7 Å². The third-order valence-corrected chi connectivity index (χ3v) is 2.41. The molecule has 0 unspecified atom stereocenters. The van der Waals surface area contributed by atoms with Gasteiger partial charge in [0.1, 0.15) is 5.17 Å². The number of allylic oxidation sites excluding steroid dienone is 5. The Hall–Kier alpha value is -0.890. The number of hydrogen-bond donors (Lipinski definition) is 0. The average Bonchev–Trinajstić information content (AvgIpc) is 2.08. The molecule has 0 saturated heterocycles. The topological polar surface area (TPSA) is 12.4 Å². The van der Waals surface area contributed by atoms with E-state index in [4.69, 9.17) is 11.6 Å². The van der Waals surface area contributed by atoms with E-state index >= 15 is 0 Å². The molecule has 76 valence electrons. The van der Waals surface area contributed by atoms with Crippen molar-refractivity contribution in [3.63, 3.8) is 0 Å². The van der Waals surface area contributed by atoms with E-state index in [2.05, 4.69) is 4.99 Å². The second kappa shape index (κ2) is 4.56. The smallest absolute Gasteiger partial charge is 0.131 e. The van der Waals surface area contributed by atoms with Crippen LogP contribution in [0.25, 0.3) is 0 Å². The first-order valence-electron chi connectivity index (χ1n) is 4.45. The van der Waals surface area contributed by atoms with Gasteiger partial charge in [-0.05, 0) is 38.0 Å². The summed E-state index contributed by atoms with van der Waals surface area (Å²) >= 11 is 5.88. The molecule has 0 saturated carbocycles. The Morgan fingerprint density at radius 2 is 2.21 bits per heavy atom. The van der Waals surface area contributed by atoms with Crippen LogP contribution in [0.3, 0.4) is 0 Å². The standard InChI is InChI=1S/C11H13ClFN/c1-7-4-5-10(14-11(7)12)8(2)6-9(3)13/h4,6H,5H2,1-3H3/b9-6+,10-8+. The van der Waals surface area contributed by atoms with Crippen molar-refractivity contribution in [1.29, 1.82) is 0 Å². The highest BCUT2D eigenvalue weighted by atomic mass is 35.5. The Kier molecular flexibility index (Phi) is 3.64. The van der Waals surface area contributed by atoms with E-state index in [1.807, 2.05) is 19.9 Å². The second-order valence-electron chi connectivity index (χ2n) is 3.35. The van der Waals surface area contributed by atoms with Crippen molar-refractivity contribution in [1.82, 2.24) is 0 Å². The van der Waals surface area contributed by atoms with Crippen LogP contribution < -0.4 is 0 Å². The summed E-state index contributed by atoms with van der Waals surface area (Å²) in [7, 11) is 0. The Bertz CT molecular complexity index is 357. The number of hydrogen-bond acceptors (Lipinski definition) is 1. The van der Waals surface area contributed by atoms with Gasteiger partial charge >= 0.3 is 0 Å². The van der Waals surface area contributed by atoms with Crippen LogP contribution in [-0.2, 0) is 0 Å². The molecular weight excluding hydrogens is 201 g/mol. The highest BCUT2D eigenvalue weighted by molar-refractivity contribution is 6.69. The van der Waals surface area contributed by atoms with Crippen LogP contribution in [0.1, 0.15) is 27.2 Å². The fraction of sp³-hybridized carbons (Fsp3) is 0.364. The molecule has 1 rings (SSSR count). The maximum atomic E-state index is 12.6. The first-order valence-corrected chi connectivity index (χ1v) is 4.83. The molecule has 0 spiro atoms. The first-order chi connectivity index (χ1) is 6.50. The van der Waals surface area contributed by atoms with Crippen molar-refractivity contribution in [2.45, 2.75) is 27.2 Å². The van der Waals surface area contributed by atoms with E-state index in [9.17, 15) is 4.39 Å². The van der Waals surface area contributed by atoms with Gasteiger partial charge in [0.25, 0.3) is 0 Å². The molecule has 0 amide bonds. The highest BCUT2D eigenvalue weighted by Gasteiger charge is 2.08. The SMILES string of the molecule is CC1=CC/C(=C(C)\C=C(/C)F)N=C1Cl. The zero-order valence-electron chi connectivity index (χ0n) is 8.56. The summed E-state index contributed by atoms with van der Waals surface area (Å²) in [5.41, 5.74) is 2.63. The van der Waals surface area contributed by atoms with Crippen molar-refractivity contribution in [3.8, 4) is 0 Å². The van der Waals surface area contributed by atoms with Crippen LogP contribution in [0, 0.1) is 0 Å². The third-order valence-electron chi connectivity index (χ3n) is 2.03. The molecule has 0 radical (unpaired) electrons. The molecule has 1 aliphatic heterocycles. The molecule has 0 aromatic rings. The Morgan fingerprint density at radius 3 is 2.71 bits per heavy atom. The Morgan fingerprint density at radius 1 is 1.57 bits per heavy atom. The van der Waals surface area contributed by atoms with Crippen molar-refractivity contribution in [2.24, 2.45) is 4.99 Å². The van der Waals surface area contributed by atoms with Gasteiger partial charge in [0, 0.05) is 12.1 Å². The number of aliphatic imine (C=N–C) groups is 1. The Balaban J connectivity index is 2.99. The average molecular weight is 214 g/mol. The lowest BCUT2D eigenvalue weighted by molar-refractivity contribution is 0.639. The molecule has 0 fully saturated rings. The number of dihydropyridines is 1. The monoisotopic (exact) mass is 213 g/mol. The van der Waals surface area contributed by atoms with Crippen molar-refractivity contribution < 1.29 is 4.39 Å². The summed E-state index contributed by atoms with van der Waals surface area (Å²) in [5.74, 6) is -0.215. The van der Waals surface area contributed by atoms with Crippen LogP contribution in [0.15, 0.2) is 39.8 Å². The molecule has 1 aliphatic rings. The second-order valence-corrected chi connectivity index (χ2v) is 3.71. The normalized spacial score (nSPS) is 21.6. The van der Waals surface area contributed by atoms with E-state index in [1.165, 1.54) is 13.0 Å². The van der Waals surface area contributed by atoms with Crippen LogP contribution in [0.4, 0.5) is 4.39 Å². The lowest BCUT2D eigenvalue weighted by Gasteiger charge is -2.10. The molecule has 14 heavy (non-hydrogen) atoms. The van der Waals surface area contributed by atoms with Crippen molar-refractivity contribution in [2.75, 3.05) is 0 Å². The summed E-state index contributed by atoms with van der Waals surface area (Å²) in [6, 6.07) is 0. The molecule has 0 aromatic heterocycles. The fourth-order valence-electron chi connectivity index (χ4n) is 1.22. The molecule has 1 heterocycles. The minimum Gasteiger partial charge on any atom is -0.240 e. The summed E-state index contributed by atoms with van der Waals surface area (Å²) in [5, 5.41) is 0.496. The minimum absolute atomic E-state index is 0.215. The van der Waals surface area contributed by atoms with Gasteiger partial charge in [0.15, 0.2) is 0 Å². The zero-order valence-corrected chi connectivity index (χ0v) is 9.32. The minimum atomic E-state index is -0.215. The number of halogens is 2. The van der Waals surface area contributed by atoms with Gasteiger partial charge in [-0.2, -0.15) is 0 Å². The van der Waals surface area contributed by atoms with Gasteiger partial charge in [-0.3, -0.25) is 0 Å². The van der Waals surface area contributed by atoms with Crippen molar-refractivity contribution >= 4 is 16.8 Å². The molecule has 3 heteroatoms. The van der Waals surface area contributed by atoms with E-state index in [0.717, 1.165) is 23.3 Å². The van der Waals surface area contributed by atoms with Gasteiger partial charge in [-0.25, -0.2) is 9.38 Å². The molecule has 0 aliphatic carbocycles. The van der Waals surface area contributed by atoms with Crippen LogP contribution >= 0.6 is 11.6 Å². The molecule has 0 bridgehead atoms. The fourth-order valence-corrected chi connectivity index (χ4v) is 1.40. The summed E-state index contributed by atoms with van der Waals surface area (Å²) < 4.78 is 12.6. The predicted molar refractivity (Wildman–Crippen MR) is 59.2 cm³/mol. The van der Waals surface area contributed by atoms with Crippen LogP contribution in [-0.4, -0.2) is 5.17 Å². The largest absolute Gasteiger partial charge is 0.240 e.